The number of hydrogen-bond donors (Lipinski definition) is 0. The van der Waals surface area contributed by atoms with Crippen LogP contribution in [0.4, 0.5) is 5.69 Å². The summed E-state index contributed by atoms with van der Waals surface area (Å²) in [5, 5.41) is 0. The predicted molar refractivity (Wildman–Crippen MR) is 69.7 cm³/mol. The predicted octanol–water partition coefficient (Wildman–Crippen LogP) is 1.54. The molecule has 0 aliphatic carbocycles. The van der Waals surface area contributed by atoms with Gasteiger partial charge in [-0.2, -0.15) is 0 Å². The first-order chi connectivity index (χ1) is 8.32. The van der Waals surface area contributed by atoms with E-state index in [9.17, 15) is 8.42 Å². The maximum Gasteiger partial charge on any atom is 0.175 e. The Labute approximate surface area is 107 Å². The maximum atomic E-state index is 11.6. The van der Waals surface area contributed by atoms with E-state index in [0.717, 1.165) is 24.4 Å². The van der Waals surface area contributed by atoms with E-state index in [-0.39, 0.29) is 11.6 Å². The number of rotatable bonds is 1. The first-order valence-corrected chi connectivity index (χ1v) is 7.94. The van der Waals surface area contributed by atoms with Gasteiger partial charge in [0.05, 0.1) is 11.5 Å². The van der Waals surface area contributed by atoms with Crippen molar-refractivity contribution in [1.82, 2.24) is 0 Å². The Morgan fingerprint density at radius 2 is 2.11 bits per heavy atom. The monoisotopic (exact) mass is 267 g/mol. The molecule has 0 radical (unpaired) electrons. The van der Waals surface area contributed by atoms with Crippen LogP contribution in [0.2, 0.25) is 0 Å². The van der Waals surface area contributed by atoms with E-state index in [1.807, 2.05) is 6.07 Å². The fourth-order valence-corrected chi connectivity index (χ4v) is 3.61. The van der Waals surface area contributed by atoms with E-state index >= 15 is 0 Å². The highest BCUT2D eigenvalue weighted by molar-refractivity contribution is 7.90. The lowest BCUT2D eigenvalue weighted by Gasteiger charge is -2.27. The average Bonchev–Trinajstić information content (AvgIpc) is 2.82. The molecular weight excluding hydrogens is 250 g/mol. The molecule has 2 heterocycles. The molecule has 1 saturated heterocycles. The number of hydrogen-bond acceptors (Lipinski definition) is 4. The molecule has 0 spiro atoms. The van der Waals surface area contributed by atoms with E-state index in [1.165, 1.54) is 6.26 Å². The largest absolute Gasteiger partial charge is 0.356 e. The molecule has 1 atom stereocenters. The molecule has 5 heteroatoms. The van der Waals surface area contributed by atoms with Gasteiger partial charge in [-0.1, -0.05) is 13.8 Å². The fourth-order valence-electron chi connectivity index (χ4n) is 2.96. The minimum Gasteiger partial charge on any atom is -0.356 e. The Balaban J connectivity index is 2.19. The summed E-state index contributed by atoms with van der Waals surface area (Å²) in [7, 11) is -3.16. The second kappa shape index (κ2) is 3.48. The van der Waals surface area contributed by atoms with Crippen molar-refractivity contribution in [2.45, 2.75) is 30.4 Å². The zero-order valence-corrected chi connectivity index (χ0v) is 11.6. The third-order valence-corrected chi connectivity index (χ3v) is 5.02. The van der Waals surface area contributed by atoms with Crippen LogP contribution in [-0.2, 0) is 20.0 Å². The van der Waals surface area contributed by atoms with Crippen molar-refractivity contribution in [2.24, 2.45) is 0 Å². The second-order valence-electron chi connectivity index (χ2n) is 5.59. The van der Waals surface area contributed by atoms with Crippen molar-refractivity contribution in [2.75, 3.05) is 24.3 Å². The number of ether oxygens (including phenoxy) is 1. The normalized spacial score (nSPS) is 25.1. The van der Waals surface area contributed by atoms with E-state index in [2.05, 4.69) is 18.7 Å². The van der Waals surface area contributed by atoms with E-state index < -0.39 is 9.84 Å². The molecule has 2 aliphatic rings. The molecule has 98 valence electrons. The van der Waals surface area contributed by atoms with E-state index in [0.29, 0.717) is 4.90 Å². The number of sulfone groups is 1. The van der Waals surface area contributed by atoms with Crippen LogP contribution in [0.3, 0.4) is 0 Å². The van der Waals surface area contributed by atoms with Crippen LogP contribution in [0, 0.1) is 0 Å². The minimum atomic E-state index is -3.16. The molecule has 0 saturated carbocycles. The summed E-state index contributed by atoms with van der Waals surface area (Å²) in [6, 6.07) is 5.39. The molecule has 18 heavy (non-hydrogen) atoms. The van der Waals surface area contributed by atoms with Crippen molar-refractivity contribution < 1.29 is 13.2 Å². The van der Waals surface area contributed by atoms with Gasteiger partial charge in [0, 0.05) is 23.9 Å². The molecule has 0 bridgehead atoms. The summed E-state index contributed by atoms with van der Waals surface area (Å²) in [4.78, 5) is 2.61. The average molecular weight is 267 g/mol. The van der Waals surface area contributed by atoms with Gasteiger partial charge in [0.1, 0.15) is 6.23 Å². The topological polar surface area (TPSA) is 46.6 Å². The van der Waals surface area contributed by atoms with E-state index in [4.69, 9.17) is 4.74 Å². The molecule has 2 aliphatic heterocycles. The van der Waals surface area contributed by atoms with Crippen LogP contribution >= 0.6 is 0 Å². The Hall–Kier alpha value is -1.07. The smallest absolute Gasteiger partial charge is 0.175 e. The lowest BCUT2D eigenvalue weighted by Crippen LogP contribution is -2.37. The maximum absolute atomic E-state index is 11.6. The minimum absolute atomic E-state index is 0.0299. The van der Waals surface area contributed by atoms with Crippen molar-refractivity contribution in [3.8, 4) is 0 Å². The number of nitrogens with zero attached hydrogens (tertiary/aromatic N) is 1. The summed E-state index contributed by atoms with van der Waals surface area (Å²) in [6.45, 7) is 5.82. The molecule has 0 aromatic heterocycles. The summed E-state index contributed by atoms with van der Waals surface area (Å²) in [5.74, 6) is 0. The molecule has 1 fully saturated rings. The second-order valence-corrected chi connectivity index (χ2v) is 7.61. The van der Waals surface area contributed by atoms with E-state index in [1.54, 1.807) is 12.1 Å². The van der Waals surface area contributed by atoms with Crippen LogP contribution in [0.1, 0.15) is 19.4 Å². The van der Waals surface area contributed by atoms with Gasteiger partial charge in [0.25, 0.3) is 0 Å². The van der Waals surface area contributed by atoms with Gasteiger partial charge in [-0.25, -0.2) is 8.42 Å². The third kappa shape index (κ3) is 1.50. The fraction of sp³-hybridized carbons (Fsp3) is 0.538. The number of fused-ring (bicyclic) bond motifs is 3. The number of anilines is 1. The van der Waals surface area contributed by atoms with Gasteiger partial charge in [-0.05, 0) is 23.8 Å². The molecule has 0 amide bonds. The molecular formula is C13H17NO3S. The van der Waals surface area contributed by atoms with Crippen LogP contribution in [0.5, 0.6) is 0 Å². The highest BCUT2D eigenvalue weighted by Gasteiger charge is 2.48. The van der Waals surface area contributed by atoms with Crippen LogP contribution in [0.25, 0.3) is 0 Å². The Kier molecular flexibility index (Phi) is 2.32. The van der Waals surface area contributed by atoms with Crippen molar-refractivity contribution in [3.05, 3.63) is 23.8 Å². The Bertz CT molecular complexity index is 607. The molecule has 3 rings (SSSR count). The SMILES string of the molecule is CC1(C)c2cc(S(C)(=O)=O)ccc2N2CCOC21. The van der Waals surface area contributed by atoms with Gasteiger partial charge in [0.15, 0.2) is 9.84 Å². The first-order valence-electron chi connectivity index (χ1n) is 6.04. The number of benzene rings is 1. The lowest BCUT2D eigenvalue weighted by molar-refractivity contribution is 0.0665. The first kappa shape index (κ1) is 12.0. The van der Waals surface area contributed by atoms with Gasteiger partial charge >= 0.3 is 0 Å². The van der Waals surface area contributed by atoms with Gasteiger partial charge in [0.2, 0.25) is 0 Å². The van der Waals surface area contributed by atoms with Gasteiger partial charge in [-0.3, -0.25) is 0 Å². The third-order valence-electron chi connectivity index (χ3n) is 3.91. The summed E-state index contributed by atoms with van der Waals surface area (Å²) >= 11 is 0. The molecule has 0 N–H and O–H groups in total. The van der Waals surface area contributed by atoms with Crippen LogP contribution in [-0.4, -0.2) is 34.1 Å². The molecule has 1 aromatic carbocycles. The highest BCUT2D eigenvalue weighted by atomic mass is 32.2. The zero-order chi connectivity index (χ0) is 13.1. The highest BCUT2D eigenvalue weighted by Crippen LogP contribution is 2.47. The van der Waals surface area contributed by atoms with Crippen molar-refractivity contribution in [3.63, 3.8) is 0 Å². The zero-order valence-electron chi connectivity index (χ0n) is 10.8. The van der Waals surface area contributed by atoms with Crippen LogP contribution < -0.4 is 4.90 Å². The summed E-state index contributed by atoms with van der Waals surface area (Å²) < 4.78 is 29.1. The molecule has 1 unspecified atom stereocenters. The van der Waals surface area contributed by atoms with Crippen molar-refractivity contribution >= 4 is 15.5 Å². The van der Waals surface area contributed by atoms with Crippen molar-refractivity contribution in [1.29, 1.82) is 0 Å². The Morgan fingerprint density at radius 1 is 1.39 bits per heavy atom. The van der Waals surface area contributed by atoms with Gasteiger partial charge in [-0.15, -0.1) is 0 Å². The van der Waals surface area contributed by atoms with Gasteiger partial charge < -0.3 is 9.64 Å². The standard InChI is InChI=1S/C13H17NO3S/c1-13(2)10-8-9(18(3,15)16)4-5-11(10)14-6-7-17-12(13)14/h4-5,8,12H,6-7H2,1-3H3. The summed E-state index contributed by atoms with van der Waals surface area (Å²) in [5.41, 5.74) is 2.00. The summed E-state index contributed by atoms with van der Waals surface area (Å²) in [6.07, 6.45) is 1.27. The quantitative estimate of drug-likeness (QED) is 0.774. The van der Waals surface area contributed by atoms with Crippen LogP contribution in [0.15, 0.2) is 23.1 Å². The molecule has 4 nitrogen and oxygen atoms in total. The molecule has 1 aromatic rings. The lowest BCUT2D eigenvalue weighted by atomic mass is 9.85. The Morgan fingerprint density at radius 3 is 2.78 bits per heavy atom.